The molecule has 9 nitrogen and oxygen atoms in total. The van der Waals surface area contributed by atoms with Crippen molar-refractivity contribution < 1.29 is 14.3 Å². The van der Waals surface area contributed by atoms with Crippen LogP contribution in [0.3, 0.4) is 0 Å². The highest BCUT2D eigenvalue weighted by atomic mass is 16.5. The van der Waals surface area contributed by atoms with Crippen molar-refractivity contribution in [3.05, 3.63) is 42.2 Å². The minimum absolute atomic E-state index is 0.00136. The monoisotopic (exact) mass is 476 g/mol. The van der Waals surface area contributed by atoms with Crippen molar-refractivity contribution in [3.63, 3.8) is 0 Å². The minimum Gasteiger partial charge on any atom is -0.478 e. The van der Waals surface area contributed by atoms with Crippen molar-refractivity contribution >= 4 is 22.5 Å². The highest BCUT2D eigenvalue weighted by molar-refractivity contribution is 6.05. The molecule has 2 aliphatic heterocycles. The fourth-order valence-corrected chi connectivity index (χ4v) is 4.68. The van der Waals surface area contributed by atoms with E-state index in [0.717, 1.165) is 42.5 Å². The lowest BCUT2D eigenvalue weighted by Gasteiger charge is -2.33. The number of benzene rings is 1. The van der Waals surface area contributed by atoms with Crippen LogP contribution in [0.25, 0.3) is 22.0 Å². The van der Waals surface area contributed by atoms with Gasteiger partial charge in [0.05, 0.1) is 23.9 Å². The molecule has 0 radical (unpaired) electrons. The molecule has 1 unspecified atom stereocenters. The Kier molecular flexibility index (Phi) is 7.06. The standard InChI is InChI=1S/C26H32N6O3/c1-17(22-9-14-34-22)29-24-20-15-18(5-7-21(20)30-31-25(24)26(27)33)19-6-8-23(28-16-19)35-13-4-12-32-10-2-3-11-32/h5-8,15-17,22H,2-4,9-14H2,1H3,(H2,27,33)(H,29,30)/t17-,22?/m0/s1. The minimum atomic E-state index is -0.623. The molecule has 0 aliphatic carbocycles. The number of pyridine rings is 1. The smallest absolute Gasteiger partial charge is 0.271 e. The largest absolute Gasteiger partial charge is 0.478 e. The summed E-state index contributed by atoms with van der Waals surface area (Å²) in [5.74, 6) is -0.00329. The van der Waals surface area contributed by atoms with E-state index >= 15 is 0 Å². The number of rotatable bonds is 10. The first kappa shape index (κ1) is 23.4. The van der Waals surface area contributed by atoms with Crippen LogP contribution in [0.15, 0.2) is 36.5 Å². The molecule has 1 amide bonds. The number of carbonyl (C=O) groups excluding carboxylic acids is 1. The van der Waals surface area contributed by atoms with Gasteiger partial charge in [-0.1, -0.05) is 6.07 Å². The molecule has 2 saturated heterocycles. The Morgan fingerprint density at radius 1 is 1.23 bits per heavy atom. The van der Waals surface area contributed by atoms with E-state index in [4.69, 9.17) is 15.2 Å². The summed E-state index contributed by atoms with van der Waals surface area (Å²) in [6.45, 7) is 6.92. The Labute approximate surface area is 205 Å². The van der Waals surface area contributed by atoms with Gasteiger partial charge in [0.2, 0.25) is 5.88 Å². The van der Waals surface area contributed by atoms with Gasteiger partial charge in [0.15, 0.2) is 5.69 Å². The predicted molar refractivity (Wildman–Crippen MR) is 135 cm³/mol. The Balaban J connectivity index is 1.33. The summed E-state index contributed by atoms with van der Waals surface area (Å²) in [5.41, 5.74) is 8.88. The Morgan fingerprint density at radius 2 is 2.03 bits per heavy atom. The summed E-state index contributed by atoms with van der Waals surface area (Å²) in [6.07, 6.45) is 6.48. The number of amides is 1. The van der Waals surface area contributed by atoms with Gasteiger partial charge in [-0.05, 0) is 69.5 Å². The molecule has 0 spiro atoms. The van der Waals surface area contributed by atoms with E-state index in [1.54, 1.807) is 6.20 Å². The lowest BCUT2D eigenvalue weighted by atomic mass is 10.0. The molecule has 184 valence electrons. The summed E-state index contributed by atoms with van der Waals surface area (Å²) in [6, 6.07) is 9.73. The van der Waals surface area contributed by atoms with Crippen molar-refractivity contribution in [2.24, 2.45) is 5.73 Å². The van der Waals surface area contributed by atoms with Crippen LogP contribution in [0.2, 0.25) is 0 Å². The van der Waals surface area contributed by atoms with Crippen LogP contribution in [0.5, 0.6) is 5.88 Å². The first-order chi connectivity index (χ1) is 17.1. The molecular formula is C26H32N6O3. The first-order valence-electron chi connectivity index (χ1n) is 12.4. The van der Waals surface area contributed by atoms with Crippen LogP contribution in [-0.4, -0.2) is 71.0 Å². The first-order valence-corrected chi connectivity index (χ1v) is 12.4. The van der Waals surface area contributed by atoms with Crippen molar-refractivity contribution in [1.82, 2.24) is 20.1 Å². The van der Waals surface area contributed by atoms with Crippen molar-refractivity contribution in [2.45, 2.75) is 44.8 Å². The zero-order valence-corrected chi connectivity index (χ0v) is 20.1. The average Bonchev–Trinajstić information content (AvgIpc) is 3.34. The molecule has 1 aromatic carbocycles. The molecule has 3 N–H and O–H groups in total. The van der Waals surface area contributed by atoms with Gasteiger partial charge in [-0.15, -0.1) is 10.2 Å². The van der Waals surface area contributed by atoms with Crippen LogP contribution in [0, 0.1) is 0 Å². The molecule has 35 heavy (non-hydrogen) atoms. The Bertz CT molecular complexity index is 1180. The topological polar surface area (TPSA) is 115 Å². The number of aromatic nitrogens is 3. The molecule has 2 fully saturated rings. The second kappa shape index (κ2) is 10.5. The SMILES string of the molecule is C[C@H](Nc1c(C(N)=O)nnc2ccc(-c3ccc(OCCCN4CCCC4)nc3)cc12)C1CCO1. The summed E-state index contributed by atoms with van der Waals surface area (Å²) in [7, 11) is 0. The van der Waals surface area contributed by atoms with E-state index in [1.165, 1.54) is 25.9 Å². The highest BCUT2D eigenvalue weighted by Crippen LogP contribution is 2.31. The number of carbonyl (C=O) groups is 1. The van der Waals surface area contributed by atoms with Gasteiger partial charge in [0.25, 0.3) is 5.91 Å². The number of anilines is 1. The van der Waals surface area contributed by atoms with Gasteiger partial charge in [0, 0.05) is 42.4 Å². The molecule has 9 heteroatoms. The third-order valence-electron chi connectivity index (χ3n) is 6.79. The fraction of sp³-hybridized carbons (Fsp3) is 0.462. The molecule has 0 bridgehead atoms. The fourth-order valence-electron chi connectivity index (χ4n) is 4.68. The molecular weight excluding hydrogens is 444 g/mol. The Hall–Kier alpha value is -3.30. The lowest BCUT2D eigenvalue weighted by molar-refractivity contribution is -0.0575. The molecule has 2 aromatic heterocycles. The molecule has 2 aliphatic rings. The maximum Gasteiger partial charge on any atom is 0.271 e. The van der Waals surface area contributed by atoms with E-state index in [9.17, 15) is 4.79 Å². The van der Waals surface area contributed by atoms with Crippen molar-refractivity contribution in [1.29, 1.82) is 0 Å². The van der Waals surface area contributed by atoms with Crippen molar-refractivity contribution in [2.75, 3.05) is 38.2 Å². The van der Waals surface area contributed by atoms with Crippen LogP contribution in [0.4, 0.5) is 5.69 Å². The number of nitrogens with two attached hydrogens (primary N) is 1. The average molecular weight is 477 g/mol. The quantitative estimate of drug-likeness (QED) is 0.429. The third kappa shape index (κ3) is 5.36. The van der Waals surface area contributed by atoms with Crippen LogP contribution in [0.1, 0.15) is 43.1 Å². The number of ether oxygens (including phenoxy) is 2. The second-order valence-electron chi connectivity index (χ2n) is 9.29. The maximum atomic E-state index is 12.1. The molecule has 2 atom stereocenters. The van der Waals surface area contributed by atoms with Crippen LogP contribution < -0.4 is 15.8 Å². The van der Waals surface area contributed by atoms with Gasteiger partial charge in [-0.2, -0.15) is 0 Å². The molecule has 3 aromatic rings. The summed E-state index contributed by atoms with van der Waals surface area (Å²) in [4.78, 5) is 19.1. The van der Waals surface area contributed by atoms with Crippen molar-refractivity contribution in [3.8, 4) is 17.0 Å². The van der Waals surface area contributed by atoms with Gasteiger partial charge < -0.3 is 25.4 Å². The van der Waals surface area contributed by atoms with E-state index < -0.39 is 5.91 Å². The third-order valence-corrected chi connectivity index (χ3v) is 6.79. The predicted octanol–water partition coefficient (Wildman–Crippen LogP) is 3.24. The summed E-state index contributed by atoms with van der Waals surface area (Å²) < 4.78 is 11.4. The van der Waals surface area contributed by atoms with Crippen LogP contribution >= 0.6 is 0 Å². The van der Waals surface area contributed by atoms with E-state index in [0.29, 0.717) is 23.7 Å². The van der Waals surface area contributed by atoms with E-state index in [2.05, 4.69) is 25.4 Å². The zero-order chi connectivity index (χ0) is 24.2. The van der Waals surface area contributed by atoms with Gasteiger partial charge >= 0.3 is 0 Å². The lowest BCUT2D eigenvalue weighted by Crippen LogP contribution is -2.41. The van der Waals surface area contributed by atoms with Gasteiger partial charge in [-0.3, -0.25) is 4.79 Å². The number of primary amides is 1. The van der Waals surface area contributed by atoms with Crippen LogP contribution in [-0.2, 0) is 4.74 Å². The number of nitrogens with one attached hydrogen (secondary N) is 1. The number of nitrogens with zero attached hydrogens (tertiary/aromatic N) is 4. The Morgan fingerprint density at radius 3 is 2.71 bits per heavy atom. The molecule has 5 rings (SSSR count). The van der Waals surface area contributed by atoms with E-state index in [1.807, 2.05) is 37.3 Å². The summed E-state index contributed by atoms with van der Waals surface area (Å²) >= 11 is 0. The maximum absolute atomic E-state index is 12.1. The number of likely N-dealkylation sites (tertiary alicyclic amines) is 1. The van der Waals surface area contributed by atoms with Gasteiger partial charge in [0.1, 0.15) is 0 Å². The molecule has 4 heterocycles. The second-order valence-corrected chi connectivity index (χ2v) is 9.29. The number of hydrogen-bond donors (Lipinski definition) is 2. The molecule has 0 saturated carbocycles. The highest BCUT2D eigenvalue weighted by Gasteiger charge is 2.27. The normalized spacial score (nSPS) is 18.8. The zero-order valence-electron chi connectivity index (χ0n) is 20.1. The summed E-state index contributed by atoms with van der Waals surface area (Å²) in [5, 5.41) is 12.5. The number of hydrogen-bond acceptors (Lipinski definition) is 8. The van der Waals surface area contributed by atoms with E-state index in [-0.39, 0.29) is 17.8 Å². The van der Waals surface area contributed by atoms with Gasteiger partial charge in [-0.25, -0.2) is 4.98 Å². The number of fused-ring (bicyclic) bond motifs is 1.